The summed E-state index contributed by atoms with van der Waals surface area (Å²) in [5.74, 6) is 0. The zero-order valence-corrected chi connectivity index (χ0v) is 8.46. The zero-order valence-electron chi connectivity index (χ0n) is 8.46. The van der Waals surface area contributed by atoms with Crippen LogP contribution < -0.4 is 0 Å². The van der Waals surface area contributed by atoms with Crippen LogP contribution >= 0.6 is 0 Å². The average Bonchev–Trinajstić information content (AvgIpc) is 2.82. The Hall–Kier alpha value is -2.03. The van der Waals surface area contributed by atoms with E-state index < -0.39 is 0 Å². The molecule has 0 radical (unpaired) electrons. The minimum Gasteiger partial charge on any atom is -0.411 e. The van der Waals surface area contributed by atoms with Crippen LogP contribution in [0.1, 0.15) is 12.5 Å². The molecule has 0 aliphatic carbocycles. The molecule has 1 N–H and O–H groups in total. The molecule has 76 valence electrons. The molecule has 3 heteroatoms. The Morgan fingerprint density at radius 2 is 1.93 bits per heavy atom. The van der Waals surface area contributed by atoms with Crippen LogP contribution in [0.4, 0.5) is 0 Å². The van der Waals surface area contributed by atoms with Crippen LogP contribution in [0, 0.1) is 0 Å². The second kappa shape index (κ2) is 4.00. The SMILES string of the molecule is C/C(=N\O)c1cccc(-n2cccc2)c1. The summed E-state index contributed by atoms with van der Waals surface area (Å²) in [6, 6.07) is 11.8. The smallest absolute Gasteiger partial charge is 0.0837 e. The van der Waals surface area contributed by atoms with Crippen molar-refractivity contribution in [3.05, 3.63) is 54.4 Å². The van der Waals surface area contributed by atoms with Gasteiger partial charge in [0.1, 0.15) is 0 Å². The molecule has 15 heavy (non-hydrogen) atoms. The lowest BCUT2D eigenvalue weighted by Crippen LogP contribution is -1.97. The fourth-order valence-corrected chi connectivity index (χ4v) is 1.46. The van der Waals surface area contributed by atoms with Crippen LogP contribution in [0.2, 0.25) is 0 Å². The summed E-state index contributed by atoms with van der Waals surface area (Å²) in [7, 11) is 0. The number of oxime groups is 1. The van der Waals surface area contributed by atoms with Gasteiger partial charge in [-0.2, -0.15) is 0 Å². The van der Waals surface area contributed by atoms with Crippen LogP contribution in [-0.2, 0) is 0 Å². The summed E-state index contributed by atoms with van der Waals surface area (Å²) in [6.07, 6.45) is 3.95. The molecule has 0 atom stereocenters. The number of nitrogens with zero attached hydrogens (tertiary/aromatic N) is 2. The van der Waals surface area contributed by atoms with E-state index in [0.29, 0.717) is 5.71 Å². The van der Waals surface area contributed by atoms with Crippen molar-refractivity contribution >= 4 is 5.71 Å². The Balaban J connectivity index is 2.44. The van der Waals surface area contributed by atoms with Gasteiger partial charge in [-0.05, 0) is 31.2 Å². The minimum atomic E-state index is 0.615. The van der Waals surface area contributed by atoms with Gasteiger partial charge in [0.25, 0.3) is 0 Å². The topological polar surface area (TPSA) is 37.5 Å². The van der Waals surface area contributed by atoms with E-state index in [1.165, 1.54) is 0 Å². The molecule has 0 aliphatic rings. The van der Waals surface area contributed by atoms with E-state index in [9.17, 15) is 0 Å². The third-order valence-corrected chi connectivity index (χ3v) is 2.32. The second-order valence-electron chi connectivity index (χ2n) is 3.33. The fraction of sp³-hybridized carbons (Fsp3) is 0.0833. The molecular formula is C12H12N2O. The first kappa shape index (κ1) is 9.52. The van der Waals surface area contributed by atoms with E-state index in [1.807, 2.05) is 53.4 Å². The Bertz CT molecular complexity index is 472. The maximum Gasteiger partial charge on any atom is 0.0837 e. The normalized spacial score (nSPS) is 11.7. The molecular weight excluding hydrogens is 188 g/mol. The molecule has 1 aromatic carbocycles. The summed E-state index contributed by atoms with van der Waals surface area (Å²) in [5, 5.41) is 11.9. The molecule has 1 aromatic heterocycles. The van der Waals surface area contributed by atoms with Gasteiger partial charge in [-0.1, -0.05) is 17.3 Å². The first-order valence-corrected chi connectivity index (χ1v) is 4.73. The predicted octanol–water partition coefficient (Wildman–Crippen LogP) is 2.68. The minimum absolute atomic E-state index is 0.615. The van der Waals surface area contributed by atoms with Gasteiger partial charge >= 0.3 is 0 Å². The van der Waals surface area contributed by atoms with Gasteiger partial charge in [0, 0.05) is 23.6 Å². The monoisotopic (exact) mass is 200 g/mol. The molecule has 0 aliphatic heterocycles. The lowest BCUT2D eigenvalue weighted by Gasteiger charge is -2.05. The van der Waals surface area contributed by atoms with Gasteiger partial charge in [-0.15, -0.1) is 0 Å². The molecule has 0 fully saturated rings. The van der Waals surface area contributed by atoms with Gasteiger partial charge in [-0.3, -0.25) is 0 Å². The fourth-order valence-electron chi connectivity index (χ4n) is 1.46. The van der Waals surface area contributed by atoms with Crippen LogP contribution in [0.15, 0.2) is 53.9 Å². The van der Waals surface area contributed by atoms with Crippen LogP contribution in [0.25, 0.3) is 5.69 Å². The van der Waals surface area contributed by atoms with Crippen molar-refractivity contribution in [3.63, 3.8) is 0 Å². The molecule has 0 spiro atoms. The summed E-state index contributed by atoms with van der Waals surface area (Å²) in [5.41, 5.74) is 2.59. The lowest BCUT2D eigenvalue weighted by molar-refractivity contribution is 0.319. The molecule has 2 rings (SSSR count). The van der Waals surface area contributed by atoms with Gasteiger partial charge in [0.15, 0.2) is 0 Å². The first-order chi connectivity index (χ1) is 7.31. The first-order valence-electron chi connectivity index (χ1n) is 4.73. The Morgan fingerprint density at radius 3 is 2.60 bits per heavy atom. The van der Waals surface area contributed by atoms with Gasteiger partial charge < -0.3 is 9.77 Å². The van der Waals surface area contributed by atoms with E-state index in [0.717, 1.165) is 11.3 Å². The number of hydrogen-bond donors (Lipinski definition) is 1. The number of benzene rings is 1. The molecule has 0 saturated heterocycles. The Kier molecular flexibility index (Phi) is 2.54. The zero-order chi connectivity index (χ0) is 10.7. The highest BCUT2D eigenvalue weighted by molar-refractivity contribution is 5.98. The van der Waals surface area contributed by atoms with Crippen molar-refractivity contribution in [2.45, 2.75) is 6.92 Å². The maximum absolute atomic E-state index is 8.69. The van der Waals surface area contributed by atoms with E-state index in [4.69, 9.17) is 5.21 Å². The standard InChI is InChI=1S/C12H12N2O/c1-10(13-15)11-5-4-6-12(9-11)14-7-2-3-8-14/h2-9,15H,1H3/b13-10+. The predicted molar refractivity (Wildman–Crippen MR) is 59.8 cm³/mol. The molecule has 0 bridgehead atoms. The molecule has 0 saturated carbocycles. The van der Waals surface area contributed by atoms with Crippen molar-refractivity contribution in [1.82, 2.24) is 4.57 Å². The number of aromatic nitrogens is 1. The number of rotatable bonds is 2. The van der Waals surface area contributed by atoms with E-state index in [1.54, 1.807) is 6.92 Å². The van der Waals surface area contributed by atoms with Crippen molar-refractivity contribution in [1.29, 1.82) is 0 Å². The molecule has 3 nitrogen and oxygen atoms in total. The van der Waals surface area contributed by atoms with Crippen molar-refractivity contribution in [2.24, 2.45) is 5.16 Å². The van der Waals surface area contributed by atoms with Crippen molar-refractivity contribution in [2.75, 3.05) is 0 Å². The van der Waals surface area contributed by atoms with E-state index in [-0.39, 0.29) is 0 Å². The van der Waals surface area contributed by atoms with Gasteiger partial charge in [0.05, 0.1) is 5.71 Å². The highest BCUT2D eigenvalue weighted by atomic mass is 16.4. The Labute approximate surface area is 88.3 Å². The number of hydrogen-bond acceptors (Lipinski definition) is 2. The van der Waals surface area contributed by atoms with Crippen molar-refractivity contribution in [3.8, 4) is 5.69 Å². The summed E-state index contributed by atoms with van der Waals surface area (Å²) >= 11 is 0. The van der Waals surface area contributed by atoms with E-state index in [2.05, 4.69) is 5.16 Å². The third kappa shape index (κ3) is 1.91. The van der Waals surface area contributed by atoms with Gasteiger partial charge in [-0.25, -0.2) is 0 Å². The van der Waals surface area contributed by atoms with E-state index >= 15 is 0 Å². The quantitative estimate of drug-likeness (QED) is 0.451. The summed E-state index contributed by atoms with van der Waals surface area (Å²) in [4.78, 5) is 0. The molecule has 0 unspecified atom stereocenters. The lowest BCUT2D eigenvalue weighted by atomic mass is 10.1. The van der Waals surface area contributed by atoms with Gasteiger partial charge in [0.2, 0.25) is 0 Å². The average molecular weight is 200 g/mol. The summed E-state index contributed by atoms with van der Waals surface area (Å²) in [6.45, 7) is 1.77. The highest BCUT2D eigenvalue weighted by Crippen LogP contribution is 2.11. The summed E-state index contributed by atoms with van der Waals surface area (Å²) < 4.78 is 2.01. The molecule has 0 amide bonds. The van der Waals surface area contributed by atoms with Crippen LogP contribution in [-0.4, -0.2) is 15.5 Å². The largest absolute Gasteiger partial charge is 0.411 e. The molecule has 1 heterocycles. The maximum atomic E-state index is 8.69. The second-order valence-corrected chi connectivity index (χ2v) is 3.33. The van der Waals surface area contributed by atoms with Crippen LogP contribution in [0.5, 0.6) is 0 Å². The Morgan fingerprint density at radius 1 is 1.20 bits per heavy atom. The van der Waals surface area contributed by atoms with Crippen LogP contribution in [0.3, 0.4) is 0 Å². The third-order valence-electron chi connectivity index (χ3n) is 2.32. The van der Waals surface area contributed by atoms with Crippen molar-refractivity contribution < 1.29 is 5.21 Å². The highest BCUT2D eigenvalue weighted by Gasteiger charge is 2.00. The molecule has 2 aromatic rings.